The highest BCUT2D eigenvalue weighted by Gasteiger charge is 2.06. The topological polar surface area (TPSA) is 42.2 Å². The Bertz CT molecular complexity index is 515. The van der Waals surface area contributed by atoms with Crippen molar-refractivity contribution >= 4 is 11.3 Å². The normalized spacial score (nSPS) is 11.2. The number of likely N-dealkylation sites (N-methyl/N-ethyl adjacent to an activating group) is 1. The fourth-order valence-corrected chi connectivity index (χ4v) is 2.96. The SMILES string of the molecule is CCN(CC)CCc1nc(-c2ccc(CN)cc2)cs1. The lowest BCUT2D eigenvalue weighted by atomic mass is 10.1. The van der Waals surface area contributed by atoms with Crippen LogP contribution in [0.2, 0.25) is 0 Å². The molecule has 0 unspecified atom stereocenters. The average molecular weight is 289 g/mol. The van der Waals surface area contributed by atoms with Gasteiger partial charge in [-0.3, -0.25) is 0 Å². The van der Waals surface area contributed by atoms with E-state index in [2.05, 4.69) is 48.4 Å². The molecule has 2 rings (SSSR count). The van der Waals surface area contributed by atoms with E-state index in [-0.39, 0.29) is 0 Å². The highest BCUT2D eigenvalue weighted by molar-refractivity contribution is 7.09. The van der Waals surface area contributed by atoms with Gasteiger partial charge >= 0.3 is 0 Å². The molecule has 1 aromatic heterocycles. The van der Waals surface area contributed by atoms with Crippen LogP contribution in [0.4, 0.5) is 0 Å². The van der Waals surface area contributed by atoms with Gasteiger partial charge in [0.05, 0.1) is 10.7 Å². The van der Waals surface area contributed by atoms with E-state index in [0.717, 1.165) is 37.3 Å². The first-order valence-corrected chi connectivity index (χ1v) is 8.10. The van der Waals surface area contributed by atoms with Gasteiger partial charge in [-0.2, -0.15) is 0 Å². The predicted molar refractivity (Wildman–Crippen MR) is 86.9 cm³/mol. The molecule has 108 valence electrons. The number of thiazole rings is 1. The molecule has 0 bridgehead atoms. The van der Waals surface area contributed by atoms with Gasteiger partial charge in [-0.1, -0.05) is 38.1 Å². The van der Waals surface area contributed by atoms with Gasteiger partial charge in [-0.25, -0.2) is 4.98 Å². The van der Waals surface area contributed by atoms with Crippen molar-refractivity contribution in [1.82, 2.24) is 9.88 Å². The summed E-state index contributed by atoms with van der Waals surface area (Å²) in [6.07, 6.45) is 1.03. The van der Waals surface area contributed by atoms with Gasteiger partial charge in [0.15, 0.2) is 0 Å². The Labute approximate surface area is 125 Å². The largest absolute Gasteiger partial charge is 0.326 e. The second-order valence-electron chi connectivity index (χ2n) is 4.80. The van der Waals surface area contributed by atoms with Crippen molar-refractivity contribution in [3.63, 3.8) is 0 Å². The van der Waals surface area contributed by atoms with Gasteiger partial charge in [0, 0.05) is 30.5 Å². The summed E-state index contributed by atoms with van der Waals surface area (Å²) in [4.78, 5) is 7.16. The maximum Gasteiger partial charge on any atom is 0.0945 e. The Hall–Kier alpha value is -1.23. The third-order valence-electron chi connectivity index (χ3n) is 3.57. The van der Waals surface area contributed by atoms with Crippen LogP contribution < -0.4 is 5.73 Å². The van der Waals surface area contributed by atoms with E-state index in [1.165, 1.54) is 10.6 Å². The van der Waals surface area contributed by atoms with Crippen molar-refractivity contribution in [2.24, 2.45) is 5.73 Å². The zero-order chi connectivity index (χ0) is 14.4. The quantitative estimate of drug-likeness (QED) is 0.851. The smallest absolute Gasteiger partial charge is 0.0945 e. The van der Waals surface area contributed by atoms with Crippen molar-refractivity contribution in [2.45, 2.75) is 26.8 Å². The number of aromatic nitrogens is 1. The second kappa shape index (κ2) is 7.53. The Morgan fingerprint density at radius 2 is 1.85 bits per heavy atom. The third kappa shape index (κ3) is 3.88. The zero-order valence-electron chi connectivity index (χ0n) is 12.3. The molecule has 0 aliphatic carbocycles. The van der Waals surface area contributed by atoms with E-state index in [4.69, 9.17) is 10.7 Å². The monoisotopic (exact) mass is 289 g/mol. The summed E-state index contributed by atoms with van der Waals surface area (Å²) in [6.45, 7) is 8.30. The molecule has 1 heterocycles. The van der Waals surface area contributed by atoms with Gasteiger partial charge in [-0.15, -0.1) is 11.3 Å². The lowest BCUT2D eigenvalue weighted by Crippen LogP contribution is -2.25. The van der Waals surface area contributed by atoms with Crippen molar-refractivity contribution in [1.29, 1.82) is 0 Å². The molecule has 20 heavy (non-hydrogen) atoms. The summed E-state index contributed by atoms with van der Waals surface area (Å²) in [7, 11) is 0. The van der Waals surface area contributed by atoms with Crippen LogP contribution in [0.5, 0.6) is 0 Å². The second-order valence-corrected chi connectivity index (χ2v) is 5.75. The fourth-order valence-electron chi connectivity index (χ4n) is 2.16. The van der Waals surface area contributed by atoms with Crippen molar-refractivity contribution in [3.05, 3.63) is 40.2 Å². The summed E-state index contributed by atoms with van der Waals surface area (Å²) < 4.78 is 0. The molecular weight excluding hydrogens is 266 g/mol. The van der Waals surface area contributed by atoms with Crippen LogP contribution in [0.3, 0.4) is 0 Å². The summed E-state index contributed by atoms with van der Waals surface area (Å²) in [6, 6.07) is 8.35. The molecule has 0 atom stereocenters. The van der Waals surface area contributed by atoms with Crippen molar-refractivity contribution in [2.75, 3.05) is 19.6 Å². The molecule has 0 radical (unpaired) electrons. The highest BCUT2D eigenvalue weighted by atomic mass is 32.1. The average Bonchev–Trinajstić information content (AvgIpc) is 2.97. The summed E-state index contributed by atoms with van der Waals surface area (Å²) in [5.74, 6) is 0. The Morgan fingerprint density at radius 1 is 1.15 bits per heavy atom. The van der Waals surface area contributed by atoms with Crippen LogP contribution in [-0.2, 0) is 13.0 Å². The molecule has 0 saturated carbocycles. The molecule has 4 heteroatoms. The minimum atomic E-state index is 0.590. The summed E-state index contributed by atoms with van der Waals surface area (Å²) in [5.41, 5.74) is 9.03. The number of benzene rings is 1. The minimum absolute atomic E-state index is 0.590. The summed E-state index contributed by atoms with van der Waals surface area (Å²) in [5, 5.41) is 3.37. The summed E-state index contributed by atoms with van der Waals surface area (Å²) >= 11 is 1.75. The van der Waals surface area contributed by atoms with Crippen molar-refractivity contribution in [3.8, 4) is 11.3 Å². The van der Waals surface area contributed by atoms with Gasteiger partial charge in [0.25, 0.3) is 0 Å². The molecule has 0 aliphatic heterocycles. The Kier molecular flexibility index (Phi) is 5.71. The van der Waals surface area contributed by atoms with Crippen molar-refractivity contribution < 1.29 is 0 Å². The van der Waals surface area contributed by atoms with E-state index < -0.39 is 0 Å². The number of hydrogen-bond donors (Lipinski definition) is 1. The molecule has 3 nitrogen and oxygen atoms in total. The van der Waals surface area contributed by atoms with Gasteiger partial charge in [0.2, 0.25) is 0 Å². The first-order chi connectivity index (χ1) is 9.76. The van der Waals surface area contributed by atoms with E-state index in [1.54, 1.807) is 11.3 Å². The first kappa shape index (κ1) is 15.2. The standard InChI is InChI=1S/C16H23N3S/c1-3-19(4-2)10-9-16-18-15(12-20-16)14-7-5-13(11-17)6-8-14/h5-8,12H,3-4,9-11,17H2,1-2H3. The molecule has 0 amide bonds. The van der Waals surface area contributed by atoms with Crippen LogP contribution in [0, 0.1) is 0 Å². The molecule has 0 aliphatic rings. The molecular formula is C16H23N3S. The van der Waals surface area contributed by atoms with Crippen LogP contribution in [0.15, 0.2) is 29.6 Å². The Morgan fingerprint density at radius 3 is 2.45 bits per heavy atom. The number of hydrogen-bond acceptors (Lipinski definition) is 4. The van der Waals surface area contributed by atoms with Gasteiger partial charge < -0.3 is 10.6 Å². The molecule has 0 spiro atoms. The van der Waals surface area contributed by atoms with E-state index >= 15 is 0 Å². The first-order valence-electron chi connectivity index (χ1n) is 7.23. The molecule has 0 saturated heterocycles. The number of rotatable bonds is 7. The van der Waals surface area contributed by atoms with E-state index in [9.17, 15) is 0 Å². The zero-order valence-corrected chi connectivity index (χ0v) is 13.1. The predicted octanol–water partition coefficient (Wildman–Crippen LogP) is 3.15. The molecule has 2 N–H and O–H groups in total. The van der Waals surface area contributed by atoms with Crippen LogP contribution in [-0.4, -0.2) is 29.5 Å². The minimum Gasteiger partial charge on any atom is -0.326 e. The lowest BCUT2D eigenvalue weighted by Gasteiger charge is -2.16. The number of nitrogens with zero attached hydrogens (tertiary/aromatic N) is 2. The number of nitrogens with two attached hydrogens (primary N) is 1. The highest BCUT2D eigenvalue weighted by Crippen LogP contribution is 2.22. The molecule has 1 aromatic carbocycles. The Balaban J connectivity index is 2.00. The van der Waals surface area contributed by atoms with Crippen LogP contribution in [0.1, 0.15) is 24.4 Å². The fraction of sp³-hybridized carbons (Fsp3) is 0.438. The maximum atomic E-state index is 5.62. The molecule has 2 aromatic rings. The molecule has 0 fully saturated rings. The third-order valence-corrected chi connectivity index (χ3v) is 4.48. The van der Waals surface area contributed by atoms with Crippen LogP contribution >= 0.6 is 11.3 Å². The van der Waals surface area contributed by atoms with E-state index in [1.807, 2.05) is 0 Å². The van der Waals surface area contributed by atoms with Crippen LogP contribution in [0.25, 0.3) is 11.3 Å². The lowest BCUT2D eigenvalue weighted by molar-refractivity contribution is 0.308. The van der Waals surface area contributed by atoms with Gasteiger partial charge in [-0.05, 0) is 18.7 Å². The van der Waals surface area contributed by atoms with Gasteiger partial charge in [0.1, 0.15) is 0 Å². The maximum absolute atomic E-state index is 5.62. The van der Waals surface area contributed by atoms with E-state index in [0.29, 0.717) is 6.54 Å².